The van der Waals surface area contributed by atoms with E-state index in [2.05, 4.69) is 0 Å². The molecule has 0 heterocycles. The highest BCUT2D eigenvalue weighted by molar-refractivity contribution is 7.80. The fraction of sp³-hybridized carbons (Fsp3) is 0.417. The molecule has 92 valence electrons. The van der Waals surface area contributed by atoms with Crippen molar-refractivity contribution in [3.8, 4) is 0 Å². The highest BCUT2D eigenvalue weighted by Gasteiger charge is 2.30. The number of halogens is 1. The van der Waals surface area contributed by atoms with Gasteiger partial charge < -0.3 is 15.7 Å². The van der Waals surface area contributed by atoms with Crippen LogP contribution >= 0.6 is 12.2 Å². The molecule has 0 radical (unpaired) electrons. The molecule has 0 bridgehead atoms. The molecule has 3 nitrogen and oxygen atoms in total. The van der Waals surface area contributed by atoms with Gasteiger partial charge in [0.1, 0.15) is 10.8 Å². The predicted molar refractivity (Wildman–Crippen MR) is 69.7 cm³/mol. The van der Waals surface area contributed by atoms with Crippen molar-refractivity contribution < 1.29 is 9.50 Å². The summed E-state index contributed by atoms with van der Waals surface area (Å²) in [4.78, 5) is 2.09. The zero-order chi connectivity index (χ0) is 12.4. The van der Waals surface area contributed by atoms with Gasteiger partial charge in [-0.05, 0) is 31.0 Å². The highest BCUT2D eigenvalue weighted by atomic mass is 32.1. The van der Waals surface area contributed by atoms with Crippen LogP contribution in [0, 0.1) is 5.82 Å². The van der Waals surface area contributed by atoms with Crippen molar-refractivity contribution in [2.75, 3.05) is 18.1 Å². The van der Waals surface area contributed by atoms with Crippen LogP contribution in [0.15, 0.2) is 18.2 Å². The molecule has 1 aromatic rings. The van der Waals surface area contributed by atoms with E-state index in [1.54, 1.807) is 12.1 Å². The molecule has 0 saturated heterocycles. The van der Waals surface area contributed by atoms with Gasteiger partial charge in [-0.2, -0.15) is 0 Å². The molecule has 1 aliphatic rings. The van der Waals surface area contributed by atoms with Crippen LogP contribution in [0.25, 0.3) is 0 Å². The molecule has 1 aliphatic carbocycles. The van der Waals surface area contributed by atoms with Crippen molar-refractivity contribution in [3.63, 3.8) is 0 Å². The largest absolute Gasteiger partial charge is 0.395 e. The Labute approximate surface area is 105 Å². The number of hydrogen-bond acceptors (Lipinski definition) is 3. The maximum atomic E-state index is 13.9. The Morgan fingerprint density at radius 1 is 1.53 bits per heavy atom. The summed E-state index contributed by atoms with van der Waals surface area (Å²) in [6.07, 6.45) is 2.10. The van der Waals surface area contributed by atoms with Gasteiger partial charge >= 0.3 is 0 Å². The van der Waals surface area contributed by atoms with Crippen LogP contribution in [0.1, 0.15) is 18.4 Å². The summed E-state index contributed by atoms with van der Waals surface area (Å²) in [7, 11) is 0. The van der Waals surface area contributed by atoms with Gasteiger partial charge in [0.25, 0.3) is 0 Å². The number of hydrogen-bond donors (Lipinski definition) is 2. The summed E-state index contributed by atoms with van der Waals surface area (Å²) in [6.45, 7) is 0.473. The Bertz CT molecular complexity index is 435. The monoisotopic (exact) mass is 254 g/mol. The number of aliphatic hydroxyl groups is 1. The van der Waals surface area contributed by atoms with E-state index in [1.807, 2.05) is 4.90 Å². The topological polar surface area (TPSA) is 49.5 Å². The zero-order valence-corrected chi connectivity index (χ0v) is 10.2. The molecule has 0 amide bonds. The molecule has 0 aliphatic heterocycles. The molecule has 0 aromatic heterocycles. The predicted octanol–water partition coefficient (Wildman–Crippen LogP) is 1.42. The van der Waals surface area contributed by atoms with Crippen LogP contribution in [-0.4, -0.2) is 29.3 Å². The van der Waals surface area contributed by atoms with Crippen LogP contribution in [0.2, 0.25) is 0 Å². The number of nitrogens with two attached hydrogens (primary N) is 1. The third kappa shape index (κ3) is 2.73. The number of anilines is 1. The maximum Gasteiger partial charge on any atom is 0.147 e. The molecule has 17 heavy (non-hydrogen) atoms. The van der Waals surface area contributed by atoms with Crippen molar-refractivity contribution in [1.29, 1.82) is 0 Å². The van der Waals surface area contributed by atoms with E-state index in [-0.39, 0.29) is 17.4 Å². The van der Waals surface area contributed by atoms with Gasteiger partial charge in [-0.25, -0.2) is 4.39 Å². The van der Waals surface area contributed by atoms with Crippen LogP contribution in [0.5, 0.6) is 0 Å². The Kier molecular flexibility index (Phi) is 3.59. The second kappa shape index (κ2) is 4.98. The lowest BCUT2D eigenvalue weighted by Crippen LogP contribution is -2.29. The summed E-state index contributed by atoms with van der Waals surface area (Å²) in [5, 5.41) is 9.00. The van der Waals surface area contributed by atoms with Crippen molar-refractivity contribution in [1.82, 2.24) is 0 Å². The molecular formula is C12H15FN2OS. The van der Waals surface area contributed by atoms with Crippen LogP contribution in [-0.2, 0) is 0 Å². The summed E-state index contributed by atoms with van der Waals surface area (Å²) in [5.74, 6) is -0.337. The van der Waals surface area contributed by atoms with Gasteiger partial charge in [0.2, 0.25) is 0 Å². The Morgan fingerprint density at radius 3 is 2.71 bits per heavy atom. The Balaban J connectivity index is 2.27. The molecular weight excluding hydrogens is 239 g/mol. The van der Waals surface area contributed by atoms with E-state index in [0.29, 0.717) is 23.8 Å². The summed E-state index contributed by atoms with van der Waals surface area (Å²) in [5.41, 5.74) is 6.49. The molecule has 1 aromatic carbocycles. The summed E-state index contributed by atoms with van der Waals surface area (Å²) < 4.78 is 13.9. The molecule has 0 spiro atoms. The number of aliphatic hydroxyl groups excluding tert-OH is 1. The zero-order valence-electron chi connectivity index (χ0n) is 9.40. The lowest BCUT2D eigenvalue weighted by atomic mass is 10.2. The molecule has 0 atom stereocenters. The van der Waals surface area contributed by atoms with E-state index < -0.39 is 0 Å². The maximum absolute atomic E-state index is 13.9. The summed E-state index contributed by atoms with van der Waals surface area (Å²) in [6, 6.07) is 5.10. The number of nitrogens with zero attached hydrogens (tertiary/aromatic N) is 1. The molecule has 2 rings (SSSR count). The van der Waals surface area contributed by atoms with Gasteiger partial charge in [0, 0.05) is 18.2 Å². The molecule has 5 heteroatoms. The van der Waals surface area contributed by atoms with E-state index >= 15 is 0 Å². The number of thiocarbonyl (C=S) groups is 1. The third-order valence-electron chi connectivity index (χ3n) is 2.87. The minimum atomic E-state index is -0.337. The standard InChI is InChI=1S/C12H15FN2OS/c13-10-7-8(12(14)17)1-4-11(10)15(5-6-16)9-2-3-9/h1,4,7,9,16H,2-3,5-6H2,(H2,14,17). The van der Waals surface area contributed by atoms with Crippen LogP contribution < -0.4 is 10.6 Å². The highest BCUT2D eigenvalue weighted by Crippen LogP contribution is 2.33. The Morgan fingerprint density at radius 2 is 2.24 bits per heavy atom. The van der Waals surface area contributed by atoms with E-state index in [0.717, 1.165) is 12.8 Å². The lowest BCUT2D eigenvalue weighted by Gasteiger charge is -2.24. The molecule has 3 N–H and O–H groups in total. The first-order chi connectivity index (χ1) is 8.13. The smallest absolute Gasteiger partial charge is 0.147 e. The van der Waals surface area contributed by atoms with E-state index in [9.17, 15) is 4.39 Å². The number of benzene rings is 1. The fourth-order valence-corrected chi connectivity index (χ4v) is 2.01. The number of rotatable bonds is 5. The fourth-order valence-electron chi connectivity index (χ4n) is 1.89. The van der Waals surface area contributed by atoms with Gasteiger partial charge in [-0.3, -0.25) is 0 Å². The summed E-state index contributed by atoms with van der Waals surface area (Å²) >= 11 is 4.80. The lowest BCUT2D eigenvalue weighted by molar-refractivity contribution is 0.301. The van der Waals surface area contributed by atoms with Crippen LogP contribution in [0.3, 0.4) is 0 Å². The quantitative estimate of drug-likeness (QED) is 0.780. The van der Waals surface area contributed by atoms with Gasteiger partial charge in [-0.15, -0.1) is 0 Å². The van der Waals surface area contributed by atoms with Crippen molar-refractivity contribution in [2.24, 2.45) is 5.73 Å². The van der Waals surface area contributed by atoms with Crippen LogP contribution in [0.4, 0.5) is 10.1 Å². The third-order valence-corrected chi connectivity index (χ3v) is 3.11. The van der Waals surface area contributed by atoms with Gasteiger partial charge in [0.15, 0.2) is 0 Å². The van der Waals surface area contributed by atoms with Crippen molar-refractivity contribution in [2.45, 2.75) is 18.9 Å². The van der Waals surface area contributed by atoms with Crippen molar-refractivity contribution in [3.05, 3.63) is 29.6 Å². The first kappa shape index (κ1) is 12.3. The second-order valence-corrected chi connectivity index (χ2v) is 4.62. The molecule has 1 fully saturated rings. The van der Waals surface area contributed by atoms with Crippen molar-refractivity contribution >= 4 is 22.9 Å². The molecule has 0 unspecified atom stereocenters. The first-order valence-electron chi connectivity index (χ1n) is 5.60. The minimum absolute atomic E-state index is 0.0208. The average molecular weight is 254 g/mol. The normalized spacial score (nSPS) is 14.7. The molecule has 1 saturated carbocycles. The van der Waals surface area contributed by atoms with Gasteiger partial charge in [-0.1, -0.05) is 12.2 Å². The van der Waals surface area contributed by atoms with E-state index in [4.69, 9.17) is 23.1 Å². The minimum Gasteiger partial charge on any atom is -0.395 e. The van der Waals surface area contributed by atoms with E-state index in [1.165, 1.54) is 6.07 Å². The van der Waals surface area contributed by atoms with Gasteiger partial charge in [0.05, 0.1) is 12.3 Å². The SMILES string of the molecule is NC(=S)c1ccc(N(CCO)C2CC2)c(F)c1. The average Bonchev–Trinajstić information content (AvgIpc) is 3.10. The first-order valence-corrected chi connectivity index (χ1v) is 6.01. The Hall–Kier alpha value is -1.20. The second-order valence-electron chi connectivity index (χ2n) is 4.18.